The smallest absolute Gasteiger partial charge is 0.328 e. The van der Waals surface area contributed by atoms with E-state index in [0.29, 0.717) is 22.1 Å². The van der Waals surface area contributed by atoms with Gasteiger partial charge in [0.1, 0.15) is 11.5 Å². The van der Waals surface area contributed by atoms with E-state index in [1.807, 2.05) is 30.3 Å². The summed E-state index contributed by atoms with van der Waals surface area (Å²) >= 11 is 5.93. The Hall–Kier alpha value is -2.26. The maximum absolute atomic E-state index is 10.6. The number of halogens is 1. The summed E-state index contributed by atoms with van der Waals surface area (Å²) in [5, 5.41) is 9.18. The van der Waals surface area contributed by atoms with Crippen LogP contribution in [0.2, 0.25) is 5.02 Å². The molecule has 4 heteroatoms. The van der Waals surface area contributed by atoms with Gasteiger partial charge in [0.2, 0.25) is 0 Å². The zero-order chi connectivity index (χ0) is 13.7. The van der Waals surface area contributed by atoms with Gasteiger partial charge in [-0.15, -0.1) is 0 Å². The number of carbonyl (C=O) groups is 1. The van der Waals surface area contributed by atoms with Gasteiger partial charge in [-0.1, -0.05) is 29.8 Å². The number of carboxylic acids is 1. The predicted molar refractivity (Wildman–Crippen MR) is 74.6 cm³/mol. The lowest BCUT2D eigenvalue weighted by atomic mass is 10.2. The van der Waals surface area contributed by atoms with Crippen LogP contribution in [-0.2, 0) is 4.79 Å². The molecule has 2 aromatic rings. The number of rotatable bonds is 4. The summed E-state index contributed by atoms with van der Waals surface area (Å²) in [5.41, 5.74) is 0.649. The first kappa shape index (κ1) is 13.2. The number of hydrogen-bond acceptors (Lipinski definition) is 2. The normalized spacial score (nSPS) is 10.6. The molecule has 3 nitrogen and oxygen atoms in total. The van der Waals surface area contributed by atoms with Gasteiger partial charge >= 0.3 is 5.97 Å². The quantitative estimate of drug-likeness (QED) is 0.849. The summed E-state index contributed by atoms with van der Waals surface area (Å²) in [6, 6.07) is 14.3. The molecule has 0 aliphatic heterocycles. The molecule has 0 heterocycles. The molecule has 0 aliphatic rings. The second-order valence-corrected chi connectivity index (χ2v) is 4.21. The van der Waals surface area contributed by atoms with E-state index in [4.69, 9.17) is 21.4 Å². The van der Waals surface area contributed by atoms with Crippen molar-refractivity contribution in [1.29, 1.82) is 0 Å². The topological polar surface area (TPSA) is 46.5 Å². The van der Waals surface area contributed by atoms with Crippen LogP contribution < -0.4 is 4.74 Å². The Morgan fingerprint density at radius 2 is 1.89 bits per heavy atom. The molecule has 0 atom stereocenters. The standard InChI is InChI=1S/C15H11ClO3/c16-12-8-6-11(7-9-15(17)18)14(10-12)19-13-4-2-1-3-5-13/h1-10H,(H,17,18)/b9-7+. The summed E-state index contributed by atoms with van der Waals surface area (Å²) < 4.78 is 5.69. The van der Waals surface area contributed by atoms with E-state index in [-0.39, 0.29) is 0 Å². The first-order valence-corrected chi connectivity index (χ1v) is 5.96. The Kier molecular flexibility index (Phi) is 4.21. The molecule has 0 unspecified atom stereocenters. The van der Waals surface area contributed by atoms with Gasteiger partial charge in [-0.05, 0) is 30.3 Å². The number of para-hydroxylation sites is 1. The van der Waals surface area contributed by atoms with Gasteiger partial charge < -0.3 is 9.84 Å². The van der Waals surface area contributed by atoms with Gasteiger partial charge in [0, 0.05) is 22.7 Å². The summed E-state index contributed by atoms with van der Waals surface area (Å²) in [6.07, 6.45) is 2.53. The van der Waals surface area contributed by atoms with Gasteiger partial charge in [-0.25, -0.2) is 4.79 Å². The first-order valence-electron chi connectivity index (χ1n) is 5.58. The lowest BCUT2D eigenvalue weighted by Gasteiger charge is -2.09. The third-order valence-electron chi connectivity index (χ3n) is 2.35. The number of carboxylic acid groups (broad SMARTS) is 1. The Labute approximate surface area is 115 Å². The zero-order valence-corrected chi connectivity index (χ0v) is 10.7. The van der Waals surface area contributed by atoms with Gasteiger partial charge in [-0.3, -0.25) is 0 Å². The van der Waals surface area contributed by atoms with E-state index >= 15 is 0 Å². The van der Waals surface area contributed by atoms with Gasteiger partial charge in [0.25, 0.3) is 0 Å². The van der Waals surface area contributed by atoms with Gasteiger partial charge in [-0.2, -0.15) is 0 Å². The van der Waals surface area contributed by atoms with Crippen LogP contribution in [0.1, 0.15) is 5.56 Å². The maximum Gasteiger partial charge on any atom is 0.328 e. The van der Waals surface area contributed by atoms with Crippen LogP contribution in [0, 0.1) is 0 Å². The molecule has 0 spiro atoms. The average Bonchev–Trinajstić information content (AvgIpc) is 2.39. The number of aliphatic carboxylic acids is 1. The SMILES string of the molecule is O=C(O)/C=C/c1ccc(Cl)cc1Oc1ccccc1. The van der Waals surface area contributed by atoms with Crippen LogP contribution >= 0.6 is 11.6 Å². The summed E-state index contributed by atoms with van der Waals surface area (Å²) in [4.78, 5) is 10.6. The van der Waals surface area contributed by atoms with E-state index in [2.05, 4.69) is 0 Å². The minimum Gasteiger partial charge on any atom is -0.478 e. The van der Waals surface area contributed by atoms with Crippen LogP contribution in [0.5, 0.6) is 11.5 Å². The molecule has 0 aliphatic carbocycles. The molecule has 19 heavy (non-hydrogen) atoms. The van der Waals surface area contributed by atoms with E-state index in [1.54, 1.807) is 18.2 Å². The molecule has 0 aromatic heterocycles. The molecule has 96 valence electrons. The highest BCUT2D eigenvalue weighted by Crippen LogP contribution is 2.29. The lowest BCUT2D eigenvalue weighted by Crippen LogP contribution is -1.89. The summed E-state index contributed by atoms with van der Waals surface area (Å²) in [7, 11) is 0. The van der Waals surface area contributed by atoms with Crippen molar-refractivity contribution < 1.29 is 14.6 Å². The molecular formula is C15H11ClO3. The predicted octanol–water partition coefficient (Wildman–Crippen LogP) is 4.23. The fraction of sp³-hybridized carbons (Fsp3) is 0. The van der Waals surface area contributed by atoms with Gasteiger partial charge in [0.15, 0.2) is 0 Å². The molecular weight excluding hydrogens is 264 g/mol. The summed E-state index contributed by atoms with van der Waals surface area (Å²) in [5.74, 6) is 0.159. The molecule has 0 amide bonds. The highest BCUT2D eigenvalue weighted by Gasteiger charge is 2.04. The van der Waals surface area contributed by atoms with Crippen molar-refractivity contribution in [2.45, 2.75) is 0 Å². The van der Waals surface area contributed by atoms with Crippen molar-refractivity contribution in [2.24, 2.45) is 0 Å². The van der Waals surface area contributed by atoms with Crippen molar-refractivity contribution in [3.8, 4) is 11.5 Å². The summed E-state index contributed by atoms with van der Waals surface area (Å²) in [6.45, 7) is 0. The fourth-order valence-corrected chi connectivity index (χ4v) is 1.67. The van der Waals surface area contributed by atoms with Crippen LogP contribution in [-0.4, -0.2) is 11.1 Å². The Balaban J connectivity index is 2.32. The first-order chi connectivity index (χ1) is 9.15. The van der Waals surface area contributed by atoms with Crippen LogP contribution in [0.3, 0.4) is 0 Å². The van der Waals surface area contributed by atoms with E-state index in [0.717, 1.165) is 6.08 Å². The van der Waals surface area contributed by atoms with E-state index < -0.39 is 5.97 Å². The largest absolute Gasteiger partial charge is 0.478 e. The Bertz CT molecular complexity index is 606. The number of benzene rings is 2. The lowest BCUT2D eigenvalue weighted by molar-refractivity contribution is -0.131. The highest BCUT2D eigenvalue weighted by atomic mass is 35.5. The highest BCUT2D eigenvalue weighted by molar-refractivity contribution is 6.30. The zero-order valence-electron chi connectivity index (χ0n) is 9.92. The average molecular weight is 275 g/mol. The second-order valence-electron chi connectivity index (χ2n) is 3.77. The van der Waals surface area contributed by atoms with E-state index in [1.165, 1.54) is 6.08 Å². The third-order valence-corrected chi connectivity index (χ3v) is 2.59. The van der Waals surface area contributed by atoms with Crippen molar-refractivity contribution in [2.75, 3.05) is 0 Å². The number of ether oxygens (including phenoxy) is 1. The van der Waals surface area contributed by atoms with Crippen molar-refractivity contribution in [3.05, 3.63) is 65.2 Å². The molecule has 0 radical (unpaired) electrons. The Morgan fingerprint density at radius 1 is 1.16 bits per heavy atom. The molecule has 0 saturated heterocycles. The van der Waals surface area contributed by atoms with Crippen molar-refractivity contribution >= 4 is 23.6 Å². The molecule has 0 saturated carbocycles. The van der Waals surface area contributed by atoms with Crippen LogP contribution in [0.25, 0.3) is 6.08 Å². The molecule has 0 bridgehead atoms. The maximum atomic E-state index is 10.6. The Morgan fingerprint density at radius 3 is 2.58 bits per heavy atom. The van der Waals surface area contributed by atoms with Crippen LogP contribution in [0.4, 0.5) is 0 Å². The minimum atomic E-state index is -1.01. The molecule has 1 N–H and O–H groups in total. The van der Waals surface area contributed by atoms with Crippen LogP contribution in [0.15, 0.2) is 54.6 Å². The molecule has 2 rings (SSSR count). The third kappa shape index (κ3) is 3.86. The van der Waals surface area contributed by atoms with Gasteiger partial charge in [0.05, 0.1) is 0 Å². The fourth-order valence-electron chi connectivity index (χ4n) is 1.51. The second kappa shape index (κ2) is 6.07. The monoisotopic (exact) mass is 274 g/mol. The van der Waals surface area contributed by atoms with Crippen molar-refractivity contribution in [1.82, 2.24) is 0 Å². The number of hydrogen-bond donors (Lipinski definition) is 1. The van der Waals surface area contributed by atoms with E-state index in [9.17, 15) is 4.79 Å². The van der Waals surface area contributed by atoms with Crippen molar-refractivity contribution in [3.63, 3.8) is 0 Å². The molecule has 0 fully saturated rings. The molecule has 2 aromatic carbocycles. The minimum absolute atomic E-state index is 0.510.